The maximum Gasteiger partial charge on any atom is 0.145 e. The van der Waals surface area contributed by atoms with Crippen LogP contribution in [0, 0.1) is 0 Å². The lowest BCUT2D eigenvalue weighted by Crippen LogP contribution is -1.96. The second kappa shape index (κ2) is 13.0. The van der Waals surface area contributed by atoms with Crippen molar-refractivity contribution in [3.8, 4) is 56.1 Å². The predicted octanol–water partition coefficient (Wildman–Crippen LogP) is 12.7. The molecule has 0 N–H and O–H groups in total. The van der Waals surface area contributed by atoms with Gasteiger partial charge in [-0.15, -0.1) is 0 Å². The van der Waals surface area contributed by atoms with Gasteiger partial charge in [0.15, 0.2) is 0 Å². The molecule has 0 atom stereocenters. The average Bonchev–Trinajstić information content (AvgIpc) is 3.79. The van der Waals surface area contributed by atoms with Crippen LogP contribution in [0.5, 0.6) is 0 Å². The van der Waals surface area contributed by atoms with Gasteiger partial charge in [-0.3, -0.25) is 14.5 Å². The molecule has 0 saturated carbocycles. The minimum atomic E-state index is 0.922. The van der Waals surface area contributed by atoms with Gasteiger partial charge >= 0.3 is 0 Å². The second-order valence-corrected chi connectivity index (χ2v) is 14.1. The van der Waals surface area contributed by atoms with Crippen LogP contribution in [0.4, 0.5) is 0 Å². The third-order valence-electron chi connectivity index (χ3n) is 10.8. The highest BCUT2D eigenvalue weighted by Crippen LogP contribution is 2.38. The number of aromatic nitrogens is 5. The van der Waals surface area contributed by atoms with Gasteiger partial charge < -0.3 is 4.57 Å². The van der Waals surface area contributed by atoms with Crippen LogP contribution >= 0.6 is 0 Å². The van der Waals surface area contributed by atoms with Crippen molar-refractivity contribution in [3.63, 3.8) is 0 Å². The van der Waals surface area contributed by atoms with E-state index in [0.717, 1.165) is 72.7 Å². The van der Waals surface area contributed by atoms with Crippen LogP contribution in [-0.4, -0.2) is 24.1 Å². The number of hydrogen-bond acceptors (Lipinski definition) is 3. The minimum Gasteiger partial charge on any atom is -0.309 e. The maximum absolute atomic E-state index is 5.22. The van der Waals surface area contributed by atoms with Crippen molar-refractivity contribution in [2.24, 2.45) is 0 Å². The maximum atomic E-state index is 5.22. The van der Waals surface area contributed by atoms with Gasteiger partial charge in [-0.25, -0.2) is 4.98 Å². The second-order valence-electron chi connectivity index (χ2n) is 14.1. The molecular weight excluding hydrogens is 683 g/mol. The van der Waals surface area contributed by atoms with Crippen LogP contribution < -0.4 is 0 Å². The first-order chi connectivity index (χ1) is 27.8. The molecule has 0 bridgehead atoms. The highest BCUT2D eigenvalue weighted by Gasteiger charge is 2.18. The smallest absolute Gasteiger partial charge is 0.145 e. The Hall–Kier alpha value is -7.63. The Morgan fingerprint density at radius 3 is 1.59 bits per heavy atom. The zero-order valence-electron chi connectivity index (χ0n) is 30.3. The molecule has 0 aliphatic carbocycles. The molecule has 0 spiro atoms. The molecule has 0 radical (unpaired) electrons. The standard InChI is InChI=1S/C51H33N5/c1-2-14-40(15-3-1)55-48-21-6-4-17-42(48)44-31-35(23-24-50(44)55)39-32-45-43-18-5-7-22-49(43)56(51(45)54-33-39)41-16-12-13-34(30-41)36-27-37(46-19-8-10-25-52-46)29-38(28-36)47-20-9-11-26-53-47/h1-33H. The van der Waals surface area contributed by atoms with Crippen LogP contribution in [0.2, 0.25) is 0 Å². The van der Waals surface area contributed by atoms with Crippen molar-refractivity contribution in [1.82, 2.24) is 24.1 Å². The number of rotatable bonds is 6. The third-order valence-corrected chi connectivity index (χ3v) is 10.8. The summed E-state index contributed by atoms with van der Waals surface area (Å²) in [5.74, 6) is 0. The molecule has 0 aliphatic rings. The predicted molar refractivity (Wildman–Crippen MR) is 230 cm³/mol. The number of hydrogen-bond donors (Lipinski definition) is 0. The fourth-order valence-electron chi connectivity index (χ4n) is 8.25. The average molecular weight is 716 g/mol. The molecule has 11 aromatic rings. The first kappa shape index (κ1) is 31.9. The van der Waals surface area contributed by atoms with Gasteiger partial charge in [-0.05, 0) is 114 Å². The topological polar surface area (TPSA) is 48.5 Å². The molecule has 0 fully saturated rings. The Morgan fingerprint density at radius 2 is 0.875 bits per heavy atom. The molecule has 6 aromatic carbocycles. The van der Waals surface area contributed by atoms with Crippen molar-refractivity contribution < 1.29 is 0 Å². The van der Waals surface area contributed by atoms with Crippen molar-refractivity contribution >= 4 is 43.7 Å². The molecule has 11 rings (SSSR count). The lowest BCUT2D eigenvalue weighted by atomic mass is 9.96. The van der Waals surface area contributed by atoms with Crippen molar-refractivity contribution in [3.05, 3.63) is 201 Å². The molecule has 0 saturated heterocycles. The Labute approximate surface area is 323 Å². The van der Waals surface area contributed by atoms with E-state index in [1.54, 1.807) is 0 Å². The molecule has 5 nitrogen and oxygen atoms in total. The van der Waals surface area contributed by atoms with E-state index < -0.39 is 0 Å². The van der Waals surface area contributed by atoms with Crippen molar-refractivity contribution in [1.29, 1.82) is 0 Å². The van der Waals surface area contributed by atoms with E-state index in [-0.39, 0.29) is 0 Å². The summed E-state index contributed by atoms with van der Waals surface area (Å²) in [5, 5.41) is 4.74. The first-order valence-electron chi connectivity index (χ1n) is 18.8. The highest BCUT2D eigenvalue weighted by atomic mass is 15.0. The van der Waals surface area contributed by atoms with Gasteiger partial charge in [0.05, 0.1) is 27.9 Å². The number of para-hydroxylation sites is 3. The summed E-state index contributed by atoms with van der Waals surface area (Å²) in [5.41, 5.74) is 15.0. The summed E-state index contributed by atoms with van der Waals surface area (Å²) >= 11 is 0. The molecule has 0 aliphatic heterocycles. The minimum absolute atomic E-state index is 0.922. The summed E-state index contributed by atoms with van der Waals surface area (Å²) < 4.78 is 4.64. The summed E-state index contributed by atoms with van der Waals surface area (Å²) in [6.07, 6.45) is 5.70. The number of fused-ring (bicyclic) bond motifs is 6. The van der Waals surface area contributed by atoms with Crippen LogP contribution in [0.15, 0.2) is 201 Å². The summed E-state index contributed by atoms with van der Waals surface area (Å²) in [4.78, 5) is 14.6. The molecular formula is C51H33N5. The Balaban J connectivity index is 1.05. The van der Waals surface area contributed by atoms with E-state index in [9.17, 15) is 0 Å². The van der Waals surface area contributed by atoms with Crippen molar-refractivity contribution in [2.45, 2.75) is 0 Å². The molecule has 5 heteroatoms. The SMILES string of the molecule is c1ccc(-n2c3ccccc3c3cc(-c4cnc5c(c4)c4ccccc4n5-c4cccc(-c5cc(-c6ccccn6)cc(-c6ccccn6)c5)c4)ccc32)cc1. The molecule has 56 heavy (non-hydrogen) atoms. The normalized spacial score (nSPS) is 11.6. The van der Waals surface area contributed by atoms with Crippen LogP contribution in [0.25, 0.3) is 99.9 Å². The number of nitrogens with zero attached hydrogens (tertiary/aromatic N) is 5. The van der Waals surface area contributed by atoms with Gasteiger partial charge in [0.2, 0.25) is 0 Å². The largest absolute Gasteiger partial charge is 0.309 e. The fourth-order valence-corrected chi connectivity index (χ4v) is 8.25. The van der Waals surface area contributed by atoms with E-state index in [0.29, 0.717) is 0 Å². The van der Waals surface area contributed by atoms with Crippen LogP contribution in [-0.2, 0) is 0 Å². The molecule has 262 valence electrons. The quantitative estimate of drug-likeness (QED) is 0.172. The van der Waals surface area contributed by atoms with E-state index in [4.69, 9.17) is 4.98 Å². The molecule has 0 unspecified atom stereocenters. The molecule has 5 aromatic heterocycles. The van der Waals surface area contributed by atoms with Crippen LogP contribution in [0.1, 0.15) is 0 Å². The molecule has 5 heterocycles. The number of benzene rings is 6. The molecule has 0 amide bonds. The fraction of sp³-hybridized carbons (Fsp3) is 0. The first-order valence-corrected chi connectivity index (χ1v) is 18.8. The van der Waals surface area contributed by atoms with Gasteiger partial charge in [0, 0.05) is 68.2 Å². The van der Waals surface area contributed by atoms with Gasteiger partial charge in [0.1, 0.15) is 5.65 Å². The monoisotopic (exact) mass is 715 g/mol. The van der Waals surface area contributed by atoms with Crippen molar-refractivity contribution in [2.75, 3.05) is 0 Å². The van der Waals surface area contributed by atoms with Gasteiger partial charge in [-0.2, -0.15) is 0 Å². The van der Waals surface area contributed by atoms with E-state index >= 15 is 0 Å². The van der Waals surface area contributed by atoms with Crippen LogP contribution in [0.3, 0.4) is 0 Å². The van der Waals surface area contributed by atoms with E-state index in [1.165, 1.54) is 27.2 Å². The lowest BCUT2D eigenvalue weighted by molar-refractivity contribution is 1.14. The zero-order chi connectivity index (χ0) is 37.0. The Morgan fingerprint density at radius 1 is 0.304 bits per heavy atom. The summed E-state index contributed by atoms with van der Waals surface area (Å²) in [6, 6.07) is 64.4. The third kappa shape index (κ3) is 5.29. The Bertz CT molecular complexity index is 3180. The highest BCUT2D eigenvalue weighted by molar-refractivity contribution is 6.12. The van der Waals surface area contributed by atoms with Gasteiger partial charge in [-0.1, -0.05) is 84.9 Å². The summed E-state index contributed by atoms with van der Waals surface area (Å²) in [7, 11) is 0. The summed E-state index contributed by atoms with van der Waals surface area (Å²) in [6.45, 7) is 0. The Kier molecular flexibility index (Phi) is 7.42. The van der Waals surface area contributed by atoms with E-state index in [1.807, 2.05) is 42.9 Å². The van der Waals surface area contributed by atoms with E-state index in [2.05, 4.69) is 177 Å². The number of pyridine rings is 3. The zero-order valence-corrected chi connectivity index (χ0v) is 30.3. The van der Waals surface area contributed by atoms with Gasteiger partial charge in [0.25, 0.3) is 0 Å². The lowest BCUT2D eigenvalue weighted by Gasteiger charge is -2.13.